The highest BCUT2D eigenvalue weighted by Crippen LogP contribution is 2.36. The maximum Gasteiger partial charge on any atom is 0.270 e. The zero-order valence-corrected chi connectivity index (χ0v) is 19.1. The van der Waals surface area contributed by atoms with Gasteiger partial charge < -0.3 is 14.8 Å². The van der Waals surface area contributed by atoms with Gasteiger partial charge >= 0.3 is 0 Å². The van der Waals surface area contributed by atoms with Crippen molar-refractivity contribution in [3.63, 3.8) is 0 Å². The van der Waals surface area contributed by atoms with Crippen LogP contribution in [0.5, 0.6) is 5.75 Å². The van der Waals surface area contributed by atoms with Gasteiger partial charge in [-0.3, -0.25) is 9.78 Å². The van der Waals surface area contributed by atoms with Crippen LogP contribution in [0, 0.1) is 11.7 Å². The fraction of sp³-hybridized carbons (Fsp3) is 0.320. The van der Waals surface area contributed by atoms with Crippen molar-refractivity contribution in [1.82, 2.24) is 20.2 Å². The van der Waals surface area contributed by atoms with Crippen LogP contribution in [0.25, 0.3) is 22.5 Å². The molecule has 0 bridgehead atoms. The van der Waals surface area contributed by atoms with Gasteiger partial charge in [-0.1, -0.05) is 38.8 Å². The monoisotopic (exact) mass is 463 g/mol. The molecule has 0 unspecified atom stereocenters. The number of rotatable bonds is 9. The van der Waals surface area contributed by atoms with Gasteiger partial charge in [0.2, 0.25) is 11.8 Å². The van der Waals surface area contributed by atoms with Crippen molar-refractivity contribution >= 4 is 22.6 Å². The first-order valence-electron chi connectivity index (χ1n) is 11.4. The number of amides is 1. The number of halogens is 1. The van der Waals surface area contributed by atoms with Crippen LogP contribution in [0.3, 0.4) is 0 Å². The molecule has 3 heterocycles. The SMILES string of the molecule is CCCC(CCC)C(=O)Nc1nc(-c2nnc(Cc3ccc(F)cc3)o2)c(O)c2ncccc12. The molecular weight excluding hydrogens is 437 g/mol. The lowest BCUT2D eigenvalue weighted by atomic mass is 9.97. The molecular formula is C25H26FN5O3. The van der Waals surface area contributed by atoms with Crippen molar-refractivity contribution in [3.05, 3.63) is 59.9 Å². The van der Waals surface area contributed by atoms with Crippen molar-refractivity contribution in [2.45, 2.75) is 46.0 Å². The predicted octanol–water partition coefficient (Wildman–Crippen LogP) is 5.27. The van der Waals surface area contributed by atoms with E-state index in [-0.39, 0.29) is 52.2 Å². The van der Waals surface area contributed by atoms with E-state index >= 15 is 0 Å². The second-order valence-electron chi connectivity index (χ2n) is 8.12. The zero-order valence-electron chi connectivity index (χ0n) is 19.1. The number of nitrogens with zero attached hydrogens (tertiary/aromatic N) is 4. The first-order chi connectivity index (χ1) is 16.5. The summed E-state index contributed by atoms with van der Waals surface area (Å²) >= 11 is 0. The quantitative estimate of drug-likeness (QED) is 0.347. The first-order valence-corrected chi connectivity index (χ1v) is 11.4. The highest BCUT2D eigenvalue weighted by molar-refractivity contribution is 6.03. The van der Waals surface area contributed by atoms with Crippen molar-refractivity contribution < 1.29 is 18.7 Å². The Labute approximate surface area is 196 Å². The maximum atomic E-state index is 13.2. The molecule has 0 saturated heterocycles. The molecule has 0 aliphatic carbocycles. The predicted molar refractivity (Wildman–Crippen MR) is 126 cm³/mol. The van der Waals surface area contributed by atoms with Gasteiger partial charge in [0.05, 0.1) is 6.42 Å². The van der Waals surface area contributed by atoms with Crippen LogP contribution in [0.4, 0.5) is 10.2 Å². The van der Waals surface area contributed by atoms with Crippen LogP contribution in [0.15, 0.2) is 47.0 Å². The smallest absolute Gasteiger partial charge is 0.270 e. The molecule has 9 heteroatoms. The number of benzene rings is 1. The average molecular weight is 464 g/mol. The van der Waals surface area contributed by atoms with E-state index in [0.717, 1.165) is 31.2 Å². The third-order valence-corrected chi connectivity index (χ3v) is 5.56. The second kappa shape index (κ2) is 10.4. The number of fused-ring (bicyclic) bond motifs is 1. The van der Waals surface area contributed by atoms with Gasteiger partial charge in [0, 0.05) is 17.5 Å². The number of nitrogens with one attached hydrogen (secondary N) is 1. The maximum absolute atomic E-state index is 13.2. The number of aromatic hydroxyl groups is 1. The molecule has 176 valence electrons. The van der Waals surface area contributed by atoms with Crippen molar-refractivity contribution in [1.29, 1.82) is 0 Å². The summed E-state index contributed by atoms with van der Waals surface area (Å²) < 4.78 is 18.9. The van der Waals surface area contributed by atoms with Crippen LogP contribution >= 0.6 is 0 Å². The third-order valence-electron chi connectivity index (χ3n) is 5.56. The molecule has 0 fully saturated rings. The summed E-state index contributed by atoms with van der Waals surface area (Å²) in [4.78, 5) is 21.7. The molecule has 4 rings (SSSR count). The number of aromatic nitrogens is 4. The lowest BCUT2D eigenvalue weighted by Crippen LogP contribution is -2.23. The molecule has 0 aliphatic heterocycles. The third kappa shape index (κ3) is 5.03. The fourth-order valence-corrected chi connectivity index (χ4v) is 3.89. The van der Waals surface area contributed by atoms with Crippen molar-refractivity contribution in [2.75, 3.05) is 5.32 Å². The summed E-state index contributed by atoms with van der Waals surface area (Å²) in [5.41, 5.74) is 1.09. The van der Waals surface area contributed by atoms with E-state index in [0.29, 0.717) is 11.8 Å². The van der Waals surface area contributed by atoms with Gasteiger partial charge in [0.15, 0.2) is 11.4 Å². The number of hydrogen-bond acceptors (Lipinski definition) is 7. The minimum atomic E-state index is -0.331. The Morgan fingerprint density at radius 1 is 1.12 bits per heavy atom. The summed E-state index contributed by atoms with van der Waals surface area (Å²) in [5, 5.41) is 22.3. The van der Waals surface area contributed by atoms with Gasteiger partial charge in [-0.15, -0.1) is 10.2 Å². The van der Waals surface area contributed by atoms with E-state index in [1.165, 1.54) is 12.1 Å². The Bertz CT molecular complexity index is 1280. The number of carbonyl (C=O) groups excluding carboxylic acids is 1. The molecule has 4 aromatic rings. The molecule has 0 radical (unpaired) electrons. The van der Waals surface area contributed by atoms with E-state index in [1.54, 1.807) is 30.5 Å². The fourth-order valence-electron chi connectivity index (χ4n) is 3.89. The molecule has 2 N–H and O–H groups in total. The Hall–Kier alpha value is -3.88. The number of carbonyl (C=O) groups is 1. The van der Waals surface area contributed by atoms with Gasteiger partial charge in [-0.05, 0) is 42.7 Å². The number of pyridine rings is 2. The Morgan fingerprint density at radius 2 is 1.85 bits per heavy atom. The molecule has 0 saturated carbocycles. The van der Waals surface area contributed by atoms with Crippen molar-refractivity contribution in [2.24, 2.45) is 5.92 Å². The van der Waals surface area contributed by atoms with Gasteiger partial charge in [0.25, 0.3) is 5.89 Å². The minimum absolute atomic E-state index is 0.00340. The summed E-state index contributed by atoms with van der Waals surface area (Å²) in [7, 11) is 0. The minimum Gasteiger partial charge on any atom is -0.504 e. The zero-order chi connectivity index (χ0) is 24.1. The molecule has 0 atom stereocenters. The van der Waals surface area contributed by atoms with Crippen LogP contribution in [-0.4, -0.2) is 31.2 Å². The number of anilines is 1. The Morgan fingerprint density at radius 3 is 2.56 bits per heavy atom. The lowest BCUT2D eigenvalue weighted by Gasteiger charge is -2.16. The molecule has 3 aromatic heterocycles. The average Bonchev–Trinajstić information content (AvgIpc) is 3.30. The van der Waals surface area contributed by atoms with Crippen LogP contribution in [0.1, 0.15) is 51.0 Å². The van der Waals surface area contributed by atoms with Crippen LogP contribution < -0.4 is 5.32 Å². The second-order valence-corrected chi connectivity index (χ2v) is 8.12. The molecule has 8 nitrogen and oxygen atoms in total. The standard InChI is InChI=1S/C25H26FN5O3/c1-3-6-16(7-4-2)24(33)29-23-18-8-5-13-27-20(18)22(32)21(28-23)25-31-30-19(34-25)14-15-9-11-17(26)12-10-15/h5,8-13,16,32H,3-4,6-7,14H2,1-2H3,(H,28,29,33). The van der Waals surface area contributed by atoms with Crippen LogP contribution in [0.2, 0.25) is 0 Å². The van der Waals surface area contributed by atoms with Crippen molar-refractivity contribution in [3.8, 4) is 17.3 Å². The van der Waals surface area contributed by atoms with Gasteiger partial charge in [-0.25, -0.2) is 9.37 Å². The summed E-state index contributed by atoms with van der Waals surface area (Å²) in [6.45, 7) is 4.09. The number of hydrogen-bond donors (Lipinski definition) is 2. The van der Waals surface area contributed by atoms with E-state index in [2.05, 4.69) is 25.5 Å². The van der Waals surface area contributed by atoms with Crippen LogP contribution in [-0.2, 0) is 11.2 Å². The molecule has 0 aliphatic rings. The summed E-state index contributed by atoms with van der Waals surface area (Å²) in [6, 6.07) is 9.42. The molecule has 0 spiro atoms. The lowest BCUT2D eigenvalue weighted by molar-refractivity contribution is -0.120. The first kappa shape index (κ1) is 23.3. The van der Waals surface area contributed by atoms with E-state index in [1.807, 2.05) is 13.8 Å². The molecule has 34 heavy (non-hydrogen) atoms. The Balaban J connectivity index is 1.68. The Kier molecular flexibility index (Phi) is 7.10. The van der Waals surface area contributed by atoms with E-state index < -0.39 is 0 Å². The largest absolute Gasteiger partial charge is 0.504 e. The molecule has 1 aromatic carbocycles. The van der Waals surface area contributed by atoms with Gasteiger partial charge in [0.1, 0.15) is 17.2 Å². The van der Waals surface area contributed by atoms with Gasteiger partial charge in [-0.2, -0.15) is 0 Å². The van der Waals surface area contributed by atoms with E-state index in [4.69, 9.17) is 4.42 Å². The highest BCUT2D eigenvalue weighted by Gasteiger charge is 2.23. The topological polar surface area (TPSA) is 114 Å². The molecule has 1 amide bonds. The normalized spacial score (nSPS) is 11.3. The van der Waals surface area contributed by atoms with E-state index in [9.17, 15) is 14.3 Å². The summed E-state index contributed by atoms with van der Waals surface area (Å²) in [5.74, 6) is -0.258. The highest BCUT2D eigenvalue weighted by atomic mass is 19.1. The summed E-state index contributed by atoms with van der Waals surface area (Å²) in [6.07, 6.45) is 5.18.